The maximum atomic E-state index is 10.9. The fourth-order valence-corrected chi connectivity index (χ4v) is 1.64. The van der Waals surface area contributed by atoms with E-state index < -0.39 is 0 Å². The van der Waals surface area contributed by atoms with Crippen molar-refractivity contribution in [2.75, 3.05) is 13.7 Å². The maximum Gasteiger partial charge on any atom is 0.234 e. The molecule has 3 N–H and O–H groups in total. The summed E-state index contributed by atoms with van der Waals surface area (Å²) in [7, 11) is 1.68. The number of amides is 1. The highest BCUT2D eigenvalue weighted by atomic mass is 16.5. The van der Waals surface area contributed by atoms with Gasteiger partial charge in [0.1, 0.15) is 0 Å². The van der Waals surface area contributed by atoms with E-state index >= 15 is 0 Å². The van der Waals surface area contributed by atoms with E-state index in [9.17, 15) is 4.79 Å². The van der Waals surface area contributed by atoms with Gasteiger partial charge in [0.05, 0.1) is 18.7 Å². The summed E-state index contributed by atoms with van der Waals surface area (Å²) in [6.45, 7) is 0.0624. The molecule has 2 atom stereocenters. The second-order valence-corrected chi connectivity index (χ2v) is 3.08. The Hall–Kier alpha value is -0.610. The molecule has 70 valence electrons. The number of nitrogens with one attached hydrogen (secondary N) is 1. The van der Waals surface area contributed by atoms with Gasteiger partial charge in [0.15, 0.2) is 0 Å². The number of carbonyl (C=O) groups excluding carboxylic acids is 1. The minimum Gasteiger partial charge on any atom is -0.379 e. The van der Waals surface area contributed by atoms with Crippen molar-refractivity contribution >= 4 is 5.91 Å². The van der Waals surface area contributed by atoms with Gasteiger partial charge in [-0.3, -0.25) is 4.79 Å². The molecule has 0 aromatic rings. The monoisotopic (exact) mass is 172 g/mol. The molecule has 4 nitrogen and oxygen atoms in total. The Balaban J connectivity index is 2.35. The molecule has 12 heavy (non-hydrogen) atoms. The van der Waals surface area contributed by atoms with Gasteiger partial charge in [0, 0.05) is 7.11 Å². The standard InChI is InChI=1S/C8H16N2O2/c1-12-7-4-2-3-6(7)10-8(11)5-9/h6-7H,2-5,9H2,1H3,(H,10,11). The average molecular weight is 172 g/mol. The van der Waals surface area contributed by atoms with Crippen molar-refractivity contribution in [3.8, 4) is 0 Å². The SMILES string of the molecule is COC1CCCC1NC(=O)CN. The van der Waals surface area contributed by atoms with Crippen LogP contribution in [0.2, 0.25) is 0 Å². The number of carbonyl (C=O) groups is 1. The minimum absolute atomic E-state index is 0.0624. The van der Waals surface area contributed by atoms with E-state index in [2.05, 4.69) is 5.32 Å². The van der Waals surface area contributed by atoms with Gasteiger partial charge in [-0.1, -0.05) is 0 Å². The largest absolute Gasteiger partial charge is 0.379 e. The molecule has 4 heteroatoms. The summed E-state index contributed by atoms with van der Waals surface area (Å²) >= 11 is 0. The first-order valence-electron chi connectivity index (χ1n) is 4.30. The van der Waals surface area contributed by atoms with Crippen LogP contribution in [0.5, 0.6) is 0 Å². The van der Waals surface area contributed by atoms with E-state index in [-0.39, 0.29) is 24.6 Å². The Morgan fingerprint density at radius 2 is 2.42 bits per heavy atom. The van der Waals surface area contributed by atoms with Crippen LogP contribution in [0.15, 0.2) is 0 Å². The smallest absolute Gasteiger partial charge is 0.234 e. The van der Waals surface area contributed by atoms with Crippen molar-refractivity contribution in [1.82, 2.24) is 5.32 Å². The molecule has 0 saturated heterocycles. The molecule has 0 spiro atoms. The van der Waals surface area contributed by atoms with Gasteiger partial charge in [-0.05, 0) is 19.3 Å². The van der Waals surface area contributed by atoms with Crippen LogP contribution in [0.4, 0.5) is 0 Å². The molecule has 0 aliphatic heterocycles. The van der Waals surface area contributed by atoms with E-state index in [1.807, 2.05) is 0 Å². The summed E-state index contributed by atoms with van der Waals surface area (Å²) in [5, 5.41) is 2.84. The average Bonchev–Trinajstić information content (AvgIpc) is 2.51. The highest BCUT2D eigenvalue weighted by molar-refractivity contribution is 5.78. The Kier molecular flexibility index (Phi) is 3.49. The Bertz CT molecular complexity index is 161. The van der Waals surface area contributed by atoms with E-state index in [4.69, 9.17) is 10.5 Å². The van der Waals surface area contributed by atoms with Gasteiger partial charge >= 0.3 is 0 Å². The maximum absolute atomic E-state index is 10.9. The van der Waals surface area contributed by atoms with Gasteiger partial charge < -0.3 is 15.8 Å². The molecule has 0 aromatic heterocycles. The number of ether oxygens (including phenoxy) is 1. The van der Waals surface area contributed by atoms with Crippen molar-refractivity contribution in [2.45, 2.75) is 31.4 Å². The molecule has 1 aliphatic carbocycles. The topological polar surface area (TPSA) is 64.3 Å². The van der Waals surface area contributed by atoms with Crippen LogP contribution in [0.25, 0.3) is 0 Å². The molecule has 0 aromatic carbocycles. The lowest BCUT2D eigenvalue weighted by atomic mass is 10.2. The first kappa shape index (κ1) is 9.48. The molecule has 0 radical (unpaired) electrons. The van der Waals surface area contributed by atoms with E-state index in [1.54, 1.807) is 7.11 Å². The predicted octanol–water partition coefficient (Wildman–Crippen LogP) is -0.371. The van der Waals surface area contributed by atoms with Crippen LogP contribution in [0, 0.1) is 0 Å². The van der Waals surface area contributed by atoms with Gasteiger partial charge in [0.25, 0.3) is 0 Å². The lowest BCUT2D eigenvalue weighted by molar-refractivity contribution is -0.121. The number of nitrogens with two attached hydrogens (primary N) is 1. The zero-order valence-electron chi connectivity index (χ0n) is 7.38. The summed E-state index contributed by atoms with van der Waals surface area (Å²) in [6, 6.07) is 0.172. The van der Waals surface area contributed by atoms with Crippen molar-refractivity contribution < 1.29 is 9.53 Å². The number of hydrogen-bond acceptors (Lipinski definition) is 3. The molecule has 0 heterocycles. The second kappa shape index (κ2) is 4.42. The highest BCUT2D eigenvalue weighted by Gasteiger charge is 2.27. The van der Waals surface area contributed by atoms with Crippen LogP contribution in [-0.2, 0) is 9.53 Å². The van der Waals surface area contributed by atoms with Crippen molar-refractivity contribution in [2.24, 2.45) is 5.73 Å². The summed E-state index contributed by atoms with van der Waals surface area (Å²) in [6.07, 6.45) is 3.34. The predicted molar refractivity (Wildman–Crippen MR) is 45.6 cm³/mol. The number of methoxy groups -OCH3 is 1. The Labute approximate surface area is 72.5 Å². The van der Waals surface area contributed by atoms with Crippen LogP contribution < -0.4 is 11.1 Å². The molecule has 1 rings (SSSR count). The van der Waals surface area contributed by atoms with Gasteiger partial charge in [-0.25, -0.2) is 0 Å². The molecular formula is C8H16N2O2. The summed E-state index contributed by atoms with van der Waals surface area (Å²) < 4.78 is 5.21. The van der Waals surface area contributed by atoms with E-state index in [1.165, 1.54) is 0 Å². The fourth-order valence-electron chi connectivity index (χ4n) is 1.64. The van der Waals surface area contributed by atoms with Crippen LogP contribution in [0.1, 0.15) is 19.3 Å². The zero-order valence-corrected chi connectivity index (χ0v) is 7.38. The van der Waals surface area contributed by atoms with Crippen LogP contribution in [-0.4, -0.2) is 31.7 Å². The first-order valence-corrected chi connectivity index (χ1v) is 4.30. The lowest BCUT2D eigenvalue weighted by Gasteiger charge is -2.18. The quantitative estimate of drug-likeness (QED) is 0.610. The van der Waals surface area contributed by atoms with E-state index in [0.29, 0.717) is 0 Å². The highest BCUT2D eigenvalue weighted by Crippen LogP contribution is 2.21. The molecule has 1 aliphatic rings. The molecule has 1 fully saturated rings. The van der Waals surface area contributed by atoms with Gasteiger partial charge in [-0.2, -0.15) is 0 Å². The van der Waals surface area contributed by atoms with Crippen LogP contribution >= 0.6 is 0 Å². The van der Waals surface area contributed by atoms with Gasteiger partial charge in [-0.15, -0.1) is 0 Å². The third kappa shape index (κ3) is 2.19. The zero-order chi connectivity index (χ0) is 8.97. The minimum atomic E-state index is -0.0936. The van der Waals surface area contributed by atoms with Gasteiger partial charge in [0.2, 0.25) is 5.91 Å². The Morgan fingerprint density at radius 3 is 3.00 bits per heavy atom. The summed E-state index contributed by atoms with van der Waals surface area (Å²) in [5.74, 6) is -0.0936. The third-order valence-electron chi connectivity index (χ3n) is 2.29. The molecule has 0 bridgehead atoms. The normalized spacial score (nSPS) is 28.8. The molecular weight excluding hydrogens is 156 g/mol. The van der Waals surface area contributed by atoms with E-state index in [0.717, 1.165) is 19.3 Å². The van der Waals surface area contributed by atoms with Crippen molar-refractivity contribution in [3.63, 3.8) is 0 Å². The molecule has 1 saturated carbocycles. The third-order valence-corrected chi connectivity index (χ3v) is 2.29. The van der Waals surface area contributed by atoms with Crippen molar-refractivity contribution in [3.05, 3.63) is 0 Å². The summed E-state index contributed by atoms with van der Waals surface area (Å²) in [5.41, 5.74) is 5.18. The lowest BCUT2D eigenvalue weighted by Crippen LogP contribution is -2.43. The second-order valence-electron chi connectivity index (χ2n) is 3.08. The Morgan fingerprint density at radius 1 is 1.67 bits per heavy atom. The molecule has 1 amide bonds. The molecule has 2 unspecified atom stereocenters. The van der Waals surface area contributed by atoms with Crippen molar-refractivity contribution in [1.29, 1.82) is 0 Å². The first-order chi connectivity index (χ1) is 5.77. The van der Waals surface area contributed by atoms with Crippen LogP contribution in [0.3, 0.4) is 0 Å². The fraction of sp³-hybridized carbons (Fsp3) is 0.875. The summed E-state index contributed by atoms with van der Waals surface area (Å²) in [4.78, 5) is 10.9. The number of rotatable bonds is 3. The number of hydrogen-bond donors (Lipinski definition) is 2.